The molecule has 0 saturated heterocycles. The van der Waals surface area contributed by atoms with Crippen LogP contribution in [0.2, 0.25) is 0 Å². The van der Waals surface area contributed by atoms with Crippen molar-refractivity contribution in [2.24, 2.45) is 0 Å². The van der Waals surface area contributed by atoms with Gasteiger partial charge in [0.1, 0.15) is 0 Å². The van der Waals surface area contributed by atoms with Gasteiger partial charge in [-0.15, -0.1) is 0 Å². The van der Waals surface area contributed by atoms with Crippen LogP contribution in [-0.4, -0.2) is 8.42 Å². The zero-order chi connectivity index (χ0) is 9.73. The third kappa shape index (κ3) is 3.87. The van der Waals surface area contributed by atoms with Gasteiger partial charge in [0.05, 0.1) is 9.84 Å². The van der Waals surface area contributed by atoms with Gasteiger partial charge >= 0.3 is 18.9 Å². The Morgan fingerprint density at radius 2 is 1.79 bits per heavy atom. The van der Waals surface area contributed by atoms with Gasteiger partial charge in [-0.1, -0.05) is 31.5 Å². The Morgan fingerprint density at radius 3 is 2.29 bits per heavy atom. The summed E-state index contributed by atoms with van der Waals surface area (Å²) >= 11 is 0. The first-order valence-electron chi connectivity index (χ1n) is 4.30. The van der Waals surface area contributed by atoms with E-state index in [2.05, 4.69) is 0 Å². The Kier molecular flexibility index (Phi) is 6.18. The Hall–Kier alpha value is -0.233. The molecule has 0 atom stereocenters. The summed E-state index contributed by atoms with van der Waals surface area (Å²) in [4.78, 5) is 0.378. The van der Waals surface area contributed by atoms with Crippen LogP contribution in [0.1, 0.15) is 19.8 Å². The minimum absolute atomic E-state index is 0. The number of unbranched alkanes of at least 4 members (excludes halogenated alkanes) is 1. The summed E-state index contributed by atoms with van der Waals surface area (Å²) in [6.07, 6.45) is 1.46. The summed E-state index contributed by atoms with van der Waals surface area (Å²) in [6.45, 7) is 1.96. The molecule has 0 heterocycles. The van der Waals surface area contributed by atoms with Crippen molar-refractivity contribution >= 4 is 9.84 Å². The molecule has 0 bridgehead atoms. The van der Waals surface area contributed by atoms with E-state index in [1.807, 2.05) is 6.92 Å². The zero-order valence-corrected chi connectivity index (χ0v) is 9.42. The van der Waals surface area contributed by atoms with Gasteiger partial charge in [-0.05, 0) is 12.1 Å². The Balaban J connectivity index is 0.00000169. The standard InChI is InChI=1S/C10H13O2S.Li/c1-2-3-9-13(11,12)10-7-5-4-6-8-10;/h4-9H,2-3H2,1H3;/q-1;+1. The van der Waals surface area contributed by atoms with Crippen molar-refractivity contribution in [1.29, 1.82) is 0 Å². The van der Waals surface area contributed by atoms with Gasteiger partial charge in [-0.2, -0.15) is 6.42 Å². The number of hydrogen-bond donors (Lipinski definition) is 0. The van der Waals surface area contributed by atoms with Crippen molar-refractivity contribution in [3.8, 4) is 0 Å². The number of sulfone groups is 1. The van der Waals surface area contributed by atoms with E-state index in [0.29, 0.717) is 11.3 Å². The topological polar surface area (TPSA) is 34.1 Å². The average molecular weight is 204 g/mol. The summed E-state index contributed by atoms with van der Waals surface area (Å²) in [5.74, 6) is 1.38. The predicted molar refractivity (Wildman–Crippen MR) is 52.8 cm³/mol. The summed E-state index contributed by atoms with van der Waals surface area (Å²) < 4.78 is 23.1. The van der Waals surface area contributed by atoms with Crippen molar-refractivity contribution in [2.45, 2.75) is 24.7 Å². The summed E-state index contributed by atoms with van der Waals surface area (Å²) in [5, 5.41) is 0. The normalized spacial score (nSPS) is 10.6. The van der Waals surface area contributed by atoms with Gasteiger partial charge in [0.25, 0.3) is 0 Å². The van der Waals surface area contributed by atoms with Gasteiger partial charge in [0, 0.05) is 4.90 Å². The van der Waals surface area contributed by atoms with Gasteiger partial charge in [0.15, 0.2) is 0 Å². The fourth-order valence-corrected chi connectivity index (χ4v) is 2.25. The number of benzene rings is 1. The second-order valence-electron chi connectivity index (χ2n) is 2.81. The molecule has 4 heteroatoms. The average Bonchev–Trinajstić information content (AvgIpc) is 2.16. The van der Waals surface area contributed by atoms with Gasteiger partial charge in [-0.25, -0.2) is 5.75 Å². The molecule has 0 fully saturated rings. The quantitative estimate of drug-likeness (QED) is 0.486. The molecule has 0 spiro atoms. The van der Waals surface area contributed by atoms with E-state index in [-0.39, 0.29) is 18.9 Å². The first kappa shape index (κ1) is 13.8. The Bertz CT molecular complexity index is 346. The molecule has 0 radical (unpaired) electrons. The maximum Gasteiger partial charge on any atom is 1.00 e. The third-order valence-electron chi connectivity index (χ3n) is 1.70. The third-order valence-corrected chi connectivity index (χ3v) is 3.30. The van der Waals surface area contributed by atoms with E-state index >= 15 is 0 Å². The van der Waals surface area contributed by atoms with Crippen LogP contribution in [0.4, 0.5) is 0 Å². The summed E-state index contributed by atoms with van der Waals surface area (Å²) in [7, 11) is -3.15. The van der Waals surface area contributed by atoms with Crippen LogP contribution in [0.25, 0.3) is 0 Å². The second-order valence-corrected chi connectivity index (χ2v) is 4.71. The molecule has 0 aliphatic carbocycles. The molecule has 0 saturated carbocycles. The van der Waals surface area contributed by atoms with Crippen LogP contribution in [-0.2, 0) is 9.84 Å². The largest absolute Gasteiger partial charge is 1.00 e. The molecule has 2 nitrogen and oxygen atoms in total. The second kappa shape index (κ2) is 6.29. The molecular formula is C10H13LiO2S. The number of hydrogen-bond acceptors (Lipinski definition) is 2. The predicted octanol–water partition coefficient (Wildman–Crippen LogP) is -0.574. The molecule has 0 amide bonds. The van der Waals surface area contributed by atoms with Crippen LogP contribution >= 0.6 is 0 Å². The molecule has 0 aromatic heterocycles. The first-order chi connectivity index (χ1) is 6.17. The first-order valence-corrected chi connectivity index (χ1v) is 5.85. The maximum atomic E-state index is 11.5. The molecule has 72 valence electrons. The monoisotopic (exact) mass is 204 g/mol. The number of rotatable bonds is 4. The van der Waals surface area contributed by atoms with E-state index in [9.17, 15) is 8.42 Å². The van der Waals surface area contributed by atoms with Crippen LogP contribution in [0.15, 0.2) is 35.2 Å². The molecule has 14 heavy (non-hydrogen) atoms. The van der Waals surface area contributed by atoms with E-state index in [1.54, 1.807) is 30.3 Å². The van der Waals surface area contributed by atoms with Crippen molar-refractivity contribution in [3.05, 3.63) is 36.1 Å². The molecule has 0 unspecified atom stereocenters. The summed E-state index contributed by atoms with van der Waals surface area (Å²) in [5.41, 5.74) is 0. The molecular weight excluding hydrogens is 191 g/mol. The van der Waals surface area contributed by atoms with Crippen molar-refractivity contribution < 1.29 is 27.3 Å². The fourth-order valence-electron chi connectivity index (χ4n) is 0.979. The van der Waals surface area contributed by atoms with Crippen molar-refractivity contribution in [1.82, 2.24) is 0 Å². The molecule has 1 rings (SSSR count). The summed E-state index contributed by atoms with van der Waals surface area (Å²) in [6, 6.07) is 8.49. The van der Waals surface area contributed by atoms with E-state index in [0.717, 1.165) is 6.42 Å². The Morgan fingerprint density at radius 1 is 1.21 bits per heavy atom. The smallest absolute Gasteiger partial charge is 0.257 e. The zero-order valence-electron chi connectivity index (χ0n) is 8.60. The van der Waals surface area contributed by atoms with E-state index in [4.69, 9.17) is 0 Å². The van der Waals surface area contributed by atoms with Crippen molar-refractivity contribution in [3.63, 3.8) is 0 Å². The minimum Gasteiger partial charge on any atom is -0.257 e. The fraction of sp³-hybridized carbons (Fsp3) is 0.300. The molecule has 1 aromatic carbocycles. The Labute approximate surface area is 97.8 Å². The maximum absolute atomic E-state index is 11.5. The van der Waals surface area contributed by atoms with Crippen LogP contribution in [0, 0.1) is 5.75 Å². The van der Waals surface area contributed by atoms with Crippen LogP contribution < -0.4 is 18.9 Å². The van der Waals surface area contributed by atoms with Gasteiger partial charge < -0.3 is 0 Å². The van der Waals surface area contributed by atoms with Crippen LogP contribution in [0.3, 0.4) is 0 Å². The van der Waals surface area contributed by atoms with E-state index < -0.39 is 9.84 Å². The minimum atomic E-state index is -3.15. The van der Waals surface area contributed by atoms with Crippen LogP contribution in [0.5, 0.6) is 0 Å². The van der Waals surface area contributed by atoms with Gasteiger partial charge in [-0.3, -0.25) is 8.42 Å². The molecule has 0 N–H and O–H groups in total. The van der Waals surface area contributed by atoms with E-state index in [1.165, 1.54) is 5.75 Å². The van der Waals surface area contributed by atoms with Gasteiger partial charge in [0.2, 0.25) is 0 Å². The molecule has 0 aliphatic rings. The van der Waals surface area contributed by atoms with Crippen molar-refractivity contribution in [2.75, 3.05) is 0 Å². The SMILES string of the molecule is CCC[CH-]S(=O)(=O)c1ccccc1.[Li+]. The molecule has 0 aliphatic heterocycles. The molecule has 1 aromatic rings.